The van der Waals surface area contributed by atoms with Gasteiger partial charge in [0.15, 0.2) is 0 Å². The molecule has 1 aliphatic carbocycles. The lowest BCUT2D eigenvalue weighted by Crippen LogP contribution is -2.15. The fourth-order valence-electron chi connectivity index (χ4n) is 8.41. The van der Waals surface area contributed by atoms with Gasteiger partial charge in [0.25, 0.3) is 0 Å². The van der Waals surface area contributed by atoms with E-state index in [1.54, 1.807) is 0 Å². The summed E-state index contributed by atoms with van der Waals surface area (Å²) in [6.07, 6.45) is 0. The van der Waals surface area contributed by atoms with Gasteiger partial charge >= 0.3 is 0 Å². The molecule has 0 N–H and O–H groups in total. The van der Waals surface area contributed by atoms with Gasteiger partial charge in [0.1, 0.15) is 0 Å². The summed E-state index contributed by atoms with van der Waals surface area (Å²) in [6.45, 7) is 4.77. The first kappa shape index (κ1) is 24.1. The Balaban J connectivity index is 1.24. The third-order valence-corrected chi connectivity index (χ3v) is 10.3. The molecule has 1 nitrogen and oxygen atoms in total. The molecule has 0 atom stereocenters. The standard InChI is InChI=1S/C43H29N/c1-43(2)36-15-5-3-13-32(36)34-23-24-38-41(42(34)43)35-14-4-6-16-37(35)44(38)30-12-8-11-29(25-30)31-21-19-28-18-17-26-9-7-10-27-20-22-33(31)40(28)39(26)27/h3-25H,1-2H3. The van der Waals surface area contributed by atoms with Crippen molar-refractivity contribution in [3.05, 3.63) is 151 Å². The average molecular weight is 560 g/mol. The van der Waals surface area contributed by atoms with Crippen LogP contribution in [0.5, 0.6) is 0 Å². The van der Waals surface area contributed by atoms with Gasteiger partial charge in [0.2, 0.25) is 0 Å². The highest BCUT2D eigenvalue weighted by Gasteiger charge is 2.37. The number of fused-ring (bicyclic) bond motifs is 7. The Morgan fingerprint density at radius 3 is 2.05 bits per heavy atom. The summed E-state index contributed by atoms with van der Waals surface area (Å²) in [5.41, 5.74) is 11.7. The zero-order chi connectivity index (χ0) is 29.2. The minimum atomic E-state index is -0.0794. The lowest BCUT2D eigenvalue weighted by Gasteiger charge is -2.22. The summed E-state index contributed by atoms with van der Waals surface area (Å²) >= 11 is 0. The van der Waals surface area contributed by atoms with Gasteiger partial charge in [-0.05, 0) is 90.0 Å². The molecule has 0 radical (unpaired) electrons. The third-order valence-electron chi connectivity index (χ3n) is 10.3. The number of aromatic nitrogens is 1. The van der Waals surface area contributed by atoms with Crippen molar-refractivity contribution in [2.24, 2.45) is 0 Å². The zero-order valence-electron chi connectivity index (χ0n) is 24.7. The predicted octanol–water partition coefficient (Wildman–Crippen LogP) is 11.7. The largest absolute Gasteiger partial charge is 0.309 e. The maximum Gasteiger partial charge on any atom is 0.0544 e. The molecular weight excluding hydrogens is 530 g/mol. The minimum absolute atomic E-state index is 0.0794. The van der Waals surface area contributed by atoms with Crippen molar-refractivity contribution in [1.29, 1.82) is 0 Å². The van der Waals surface area contributed by atoms with E-state index in [0.29, 0.717) is 0 Å². The normalized spacial score (nSPS) is 13.9. The minimum Gasteiger partial charge on any atom is -0.309 e. The average Bonchev–Trinajstić information content (AvgIpc) is 3.52. The highest BCUT2D eigenvalue weighted by atomic mass is 15.0. The summed E-state index contributed by atoms with van der Waals surface area (Å²) in [7, 11) is 0. The predicted molar refractivity (Wildman–Crippen MR) is 187 cm³/mol. The van der Waals surface area contributed by atoms with E-state index in [2.05, 4.69) is 158 Å². The van der Waals surface area contributed by atoms with Gasteiger partial charge in [-0.15, -0.1) is 0 Å². The van der Waals surface area contributed by atoms with Crippen molar-refractivity contribution in [2.45, 2.75) is 19.3 Å². The van der Waals surface area contributed by atoms with E-state index < -0.39 is 0 Å². The van der Waals surface area contributed by atoms with Crippen molar-refractivity contribution in [3.63, 3.8) is 0 Å². The Morgan fingerprint density at radius 2 is 1.16 bits per heavy atom. The van der Waals surface area contributed by atoms with E-state index in [0.717, 1.165) is 0 Å². The van der Waals surface area contributed by atoms with Gasteiger partial charge in [-0.2, -0.15) is 0 Å². The maximum absolute atomic E-state index is 2.48. The van der Waals surface area contributed by atoms with Crippen LogP contribution in [0.2, 0.25) is 0 Å². The molecule has 1 aliphatic rings. The van der Waals surface area contributed by atoms with Gasteiger partial charge < -0.3 is 4.57 Å². The number of rotatable bonds is 2. The molecule has 1 heteroatoms. The van der Waals surface area contributed by atoms with Crippen molar-refractivity contribution >= 4 is 54.1 Å². The molecule has 0 fully saturated rings. The molecule has 206 valence electrons. The fourth-order valence-corrected chi connectivity index (χ4v) is 8.41. The van der Waals surface area contributed by atoms with E-state index in [1.807, 2.05) is 0 Å². The zero-order valence-corrected chi connectivity index (χ0v) is 24.7. The molecule has 0 saturated heterocycles. The lowest BCUT2D eigenvalue weighted by molar-refractivity contribution is 0.666. The number of nitrogens with zero attached hydrogens (tertiary/aromatic N) is 1. The van der Waals surface area contributed by atoms with Crippen LogP contribution in [-0.4, -0.2) is 4.57 Å². The summed E-state index contributed by atoms with van der Waals surface area (Å²) in [5, 5.41) is 10.6. The molecule has 0 bridgehead atoms. The SMILES string of the molecule is CC1(C)c2ccccc2-c2ccc3c(c21)c1ccccc1n3-c1cccc(-c2ccc3ccc4cccc5ccc2c3c45)c1. The second-order valence-electron chi connectivity index (χ2n) is 12.9. The summed E-state index contributed by atoms with van der Waals surface area (Å²) in [4.78, 5) is 0. The highest BCUT2D eigenvalue weighted by molar-refractivity contribution is 6.25. The first-order valence-corrected chi connectivity index (χ1v) is 15.5. The van der Waals surface area contributed by atoms with Crippen LogP contribution >= 0.6 is 0 Å². The van der Waals surface area contributed by atoms with Gasteiger partial charge in [0, 0.05) is 21.9 Å². The Hall–Kier alpha value is -5.40. The Morgan fingerprint density at radius 1 is 0.455 bits per heavy atom. The van der Waals surface area contributed by atoms with Crippen LogP contribution in [0.3, 0.4) is 0 Å². The Labute approximate surface area is 255 Å². The van der Waals surface area contributed by atoms with Gasteiger partial charge in [-0.25, -0.2) is 0 Å². The second kappa shape index (κ2) is 8.36. The maximum atomic E-state index is 2.48. The monoisotopic (exact) mass is 559 g/mol. The van der Waals surface area contributed by atoms with Crippen LogP contribution in [0.25, 0.3) is 82.1 Å². The molecule has 1 heterocycles. The molecule has 9 aromatic rings. The van der Waals surface area contributed by atoms with Crippen LogP contribution < -0.4 is 0 Å². The summed E-state index contributed by atoms with van der Waals surface area (Å²) < 4.78 is 2.48. The molecule has 0 saturated carbocycles. The van der Waals surface area contributed by atoms with Gasteiger partial charge in [0.05, 0.1) is 11.0 Å². The van der Waals surface area contributed by atoms with Gasteiger partial charge in [-0.3, -0.25) is 0 Å². The van der Waals surface area contributed by atoms with Crippen LogP contribution in [0.1, 0.15) is 25.0 Å². The molecule has 0 unspecified atom stereocenters. The first-order chi connectivity index (χ1) is 21.6. The fraction of sp³-hybridized carbons (Fsp3) is 0.0698. The van der Waals surface area contributed by atoms with Crippen LogP contribution in [0.15, 0.2) is 140 Å². The van der Waals surface area contributed by atoms with Crippen molar-refractivity contribution < 1.29 is 0 Å². The molecule has 0 amide bonds. The van der Waals surface area contributed by atoms with E-state index >= 15 is 0 Å². The first-order valence-electron chi connectivity index (χ1n) is 15.5. The van der Waals surface area contributed by atoms with Crippen molar-refractivity contribution in [2.75, 3.05) is 0 Å². The molecule has 1 aromatic heterocycles. The summed E-state index contributed by atoms with van der Waals surface area (Å²) in [5.74, 6) is 0. The number of para-hydroxylation sites is 1. The third kappa shape index (κ3) is 2.99. The van der Waals surface area contributed by atoms with Crippen LogP contribution in [0, 0.1) is 0 Å². The topological polar surface area (TPSA) is 4.93 Å². The number of hydrogen-bond acceptors (Lipinski definition) is 0. The molecule has 44 heavy (non-hydrogen) atoms. The molecular formula is C43H29N. The van der Waals surface area contributed by atoms with E-state index in [9.17, 15) is 0 Å². The Kier molecular flexibility index (Phi) is 4.58. The van der Waals surface area contributed by atoms with E-state index in [-0.39, 0.29) is 5.41 Å². The quantitative estimate of drug-likeness (QED) is 0.186. The van der Waals surface area contributed by atoms with Crippen LogP contribution in [-0.2, 0) is 5.41 Å². The molecule has 10 rings (SSSR count). The molecule has 0 spiro atoms. The molecule has 8 aromatic carbocycles. The highest BCUT2D eigenvalue weighted by Crippen LogP contribution is 2.53. The number of benzene rings is 8. The lowest BCUT2D eigenvalue weighted by atomic mass is 9.80. The van der Waals surface area contributed by atoms with E-state index in [4.69, 9.17) is 0 Å². The Bertz CT molecular complexity index is 2610. The second-order valence-corrected chi connectivity index (χ2v) is 12.9. The number of hydrogen-bond donors (Lipinski definition) is 0. The van der Waals surface area contributed by atoms with E-state index in [1.165, 1.54) is 93.2 Å². The summed E-state index contributed by atoms with van der Waals surface area (Å²) in [6, 6.07) is 52.0. The van der Waals surface area contributed by atoms with Crippen LogP contribution in [0.4, 0.5) is 0 Å². The van der Waals surface area contributed by atoms with Gasteiger partial charge in [-0.1, -0.05) is 129 Å². The smallest absolute Gasteiger partial charge is 0.0544 e. The van der Waals surface area contributed by atoms with Crippen molar-refractivity contribution in [1.82, 2.24) is 4.57 Å². The van der Waals surface area contributed by atoms with Crippen molar-refractivity contribution in [3.8, 4) is 27.9 Å². The molecule has 0 aliphatic heterocycles.